The van der Waals surface area contributed by atoms with Gasteiger partial charge < -0.3 is 10.1 Å². The highest BCUT2D eigenvalue weighted by atomic mass is 35.5. The summed E-state index contributed by atoms with van der Waals surface area (Å²) < 4.78 is 44.2. The van der Waals surface area contributed by atoms with E-state index in [0.29, 0.717) is 5.75 Å². The summed E-state index contributed by atoms with van der Waals surface area (Å²) in [5.74, 6) is 0.123. The van der Waals surface area contributed by atoms with Crippen LogP contribution in [0, 0.1) is 0 Å². The topological polar surface area (TPSA) is 38.3 Å². The van der Waals surface area contributed by atoms with Gasteiger partial charge in [-0.15, -0.1) is 0 Å². The maximum atomic E-state index is 12.9. The van der Waals surface area contributed by atoms with Gasteiger partial charge in [-0.25, -0.2) is 0 Å². The fourth-order valence-corrected chi connectivity index (χ4v) is 3.27. The zero-order chi connectivity index (χ0) is 18.7. The van der Waals surface area contributed by atoms with Gasteiger partial charge >= 0.3 is 6.18 Å². The van der Waals surface area contributed by atoms with Gasteiger partial charge in [0.25, 0.3) is 5.91 Å². The molecule has 0 saturated carbocycles. The molecule has 3 rings (SSSR count). The fraction of sp³-hybridized carbons (Fsp3) is 0.316. The first-order valence-electron chi connectivity index (χ1n) is 8.25. The molecule has 138 valence electrons. The average molecular weight is 384 g/mol. The van der Waals surface area contributed by atoms with Crippen LogP contribution in [-0.4, -0.2) is 12.5 Å². The first-order chi connectivity index (χ1) is 12.3. The Bertz CT molecular complexity index is 821. The molecule has 0 radical (unpaired) electrons. The molecule has 1 N–H and O–H groups in total. The van der Waals surface area contributed by atoms with Crippen LogP contribution in [0.25, 0.3) is 0 Å². The van der Waals surface area contributed by atoms with E-state index >= 15 is 0 Å². The van der Waals surface area contributed by atoms with Gasteiger partial charge in [0, 0.05) is 5.69 Å². The van der Waals surface area contributed by atoms with Crippen LogP contribution in [0.5, 0.6) is 5.75 Å². The molecule has 0 bridgehead atoms. The van der Waals surface area contributed by atoms with Crippen LogP contribution in [0.15, 0.2) is 36.4 Å². The molecule has 2 aromatic carbocycles. The molecule has 0 spiro atoms. The SMILES string of the molecule is O=C(COc1cccc2c1CCCC2)Nc1ccc(Cl)c(C(F)(F)F)c1. The number of fused-ring (bicyclic) bond motifs is 1. The van der Waals surface area contributed by atoms with Crippen LogP contribution in [0.3, 0.4) is 0 Å². The number of hydrogen-bond acceptors (Lipinski definition) is 2. The fourth-order valence-electron chi connectivity index (χ4n) is 3.04. The minimum absolute atomic E-state index is 0.0189. The molecule has 2 aromatic rings. The summed E-state index contributed by atoms with van der Waals surface area (Å²) >= 11 is 5.57. The summed E-state index contributed by atoms with van der Waals surface area (Å²) in [5, 5.41) is 2.00. The minimum Gasteiger partial charge on any atom is -0.483 e. The van der Waals surface area contributed by atoms with Crippen LogP contribution < -0.4 is 10.1 Å². The first kappa shape index (κ1) is 18.6. The number of nitrogens with one attached hydrogen (secondary N) is 1. The molecule has 1 aliphatic rings. The highest BCUT2D eigenvalue weighted by Crippen LogP contribution is 2.36. The number of halogens is 4. The lowest BCUT2D eigenvalue weighted by Crippen LogP contribution is -2.21. The molecular formula is C19H17ClF3NO2. The van der Waals surface area contributed by atoms with E-state index in [2.05, 4.69) is 5.32 Å². The largest absolute Gasteiger partial charge is 0.483 e. The number of rotatable bonds is 4. The lowest BCUT2D eigenvalue weighted by atomic mass is 9.91. The molecule has 0 aliphatic heterocycles. The van der Waals surface area contributed by atoms with Gasteiger partial charge in [0.05, 0.1) is 10.6 Å². The second kappa shape index (κ2) is 7.58. The van der Waals surface area contributed by atoms with Gasteiger partial charge in [-0.1, -0.05) is 23.7 Å². The Morgan fingerprint density at radius 1 is 1.15 bits per heavy atom. The molecular weight excluding hydrogens is 367 g/mol. The Hall–Kier alpha value is -2.21. The number of anilines is 1. The zero-order valence-electron chi connectivity index (χ0n) is 13.8. The highest BCUT2D eigenvalue weighted by molar-refractivity contribution is 6.31. The second-order valence-electron chi connectivity index (χ2n) is 6.13. The number of aryl methyl sites for hydroxylation is 1. The predicted octanol–water partition coefficient (Wildman–Crippen LogP) is 5.26. The molecule has 26 heavy (non-hydrogen) atoms. The van der Waals surface area contributed by atoms with E-state index < -0.39 is 22.7 Å². The molecule has 3 nitrogen and oxygen atoms in total. The first-order valence-corrected chi connectivity index (χ1v) is 8.62. The Morgan fingerprint density at radius 3 is 2.69 bits per heavy atom. The summed E-state index contributed by atoms with van der Waals surface area (Å²) in [6, 6.07) is 8.97. The van der Waals surface area contributed by atoms with Crippen molar-refractivity contribution in [3.8, 4) is 5.75 Å². The Labute approximate surface area is 154 Å². The van der Waals surface area contributed by atoms with Gasteiger partial charge in [0.1, 0.15) is 5.75 Å². The summed E-state index contributed by atoms with van der Waals surface area (Å²) in [6.07, 6.45) is -0.486. The van der Waals surface area contributed by atoms with E-state index in [1.54, 1.807) is 0 Å². The van der Waals surface area contributed by atoms with Crippen LogP contribution in [-0.2, 0) is 23.8 Å². The molecule has 0 heterocycles. The minimum atomic E-state index is -4.59. The monoisotopic (exact) mass is 383 g/mol. The summed E-state index contributed by atoms with van der Waals surface area (Å²) in [4.78, 5) is 12.0. The van der Waals surface area contributed by atoms with Gasteiger partial charge in [-0.05, 0) is 61.1 Å². The Morgan fingerprint density at radius 2 is 1.92 bits per heavy atom. The predicted molar refractivity (Wildman–Crippen MR) is 93.7 cm³/mol. The molecule has 7 heteroatoms. The lowest BCUT2D eigenvalue weighted by molar-refractivity contribution is -0.137. The standard InChI is InChI=1S/C19H17ClF3NO2/c20-16-9-8-13(10-15(16)19(21,22)23)24-18(25)11-26-17-7-3-5-12-4-1-2-6-14(12)17/h3,5,7-10H,1-2,4,6,11H2,(H,24,25). The smallest absolute Gasteiger partial charge is 0.417 e. The van der Waals surface area contributed by atoms with Crippen molar-refractivity contribution < 1.29 is 22.7 Å². The van der Waals surface area contributed by atoms with Crippen LogP contribution in [0.1, 0.15) is 29.5 Å². The third-order valence-corrected chi connectivity index (χ3v) is 4.60. The van der Waals surface area contributed by atoms with Crippen molar-refractivity contribution in [2.75, 3.05) is 11.9 Å². The number of amides is 1. The van der Waals surface area contributed by atoms with E-state index in [1.165, 1.54) is 11.6 Å². The van der Waals surface area contributed by atoms with E-state index in [1.807, 2.05) is 18.2 Å². The van der Waals surface area contributed by atoms with Crippen molar-refractivity contribution in [2.24, 2.45) is 0 Å². The van der Waals surface area contributed by atoms with Crippen molar-refractivity contribution in [2.45, 2.75) is 31.9 Å². The van der Waals surface area contributed by atoms with Crippen LogP contribution in [0.4, 0.5) is 18.9 Å². The molecule has 0 saturated heterocycles. The van der Waals surface area contributed by atoms with Gasteiger partial charge in [-0.3, -0.25) is 4.79 Å². The maximum Gasteiger partial charge on any atom is 0.417 e. The highest BCUT2D eigenvalue weighted by Gasteiger charge is 2.33. The Kier molecular flexibility index (Phi) is 5.41. The zero-order valence-corrected chi connectivity index (χ0v) is 14.6. The number of alkyl halides is 3. The molecule has 0 fully saturated rings. The van der Waals surface area contributed by atoms with Crippen LogP contribution in [0.2, 0.25) is 5.02 Å². The summed E-state index contributed by atoms with van der Waals surface area (Å²) in [7, 11) is 0. The van der Waals surface area contributed by atoms with Crippen molar-refractivity contribution in [3.63, 3.8) is 0 Å². The van der Waals surface area contributed by atoms with E-state index in [0.717, 1.165) is 43.4 Å². The van der Waals surface area contributed by atoms with E-state index in [-0.39, 0.29) is 12.3 Å². The molecule has 1 aliphatic carbocycles. The molecule has 0 unspecified atom stereocenters. The van der Waals surface area contributed by atoms with Gasteiger partial charge in [-0.2, -0.15) is 13.2 Å². The van der Waals surface area contributed by atoms with Crippen molar-refractivity contribution >= 4 is 23.2 Å². The Balaban J connectivity index is 1.65. The third-order valence-electron chi connectivity index (χ3n) is 4.27. The number of carbonyl (C=O) groups excluding carboxylic acids is 1. The normalized spacial score (nSPS) is 13.8. The van der Waals surface area contributed by atoms with E-state index in [4.69, 9.17) is 16.3 Å². The lowest BCUT2D eigenvalue weighted by Gasteiger charge is -2.19. The number of ether oxygens (including phenoxy) is 1. The van der Waals surface area contributed by atoms with Crippen molar-refractivity contribution in [1.82, 2.24) is 0 Å². The number of benzene rings is 2. The second-order valence-corrected chi connectivity index (χ2v) is 6.54. The summed E-state index contributed by atoms with van der Waals surface area (Å²) in [5.41, 5.74) is 1.36. The van der Waals surface area contributed by atoms with Crippen molar-refractivity contribution in [1.29, 1.82) is 0 Å². The van der Waals surface area contributed by atoms with Crippen molar-refractivity contribution in [3.05, 3.63) is 58.1 Å². The molecule has 0 aromatic heterocycles. The molecule has 0 atom stereocenters. The van der Waals surface area contributed by atoms with Crippen LogP contribution >= 0.6 is 11.6 Å². The third kappa shape index (κ3) is 4.30. The number of carbonyl (C=O) groups is 1. The number of hydrogen-bond donors (Lipinski definition) is 1. The van der Waals surface area contributed by atoms with Gasteiger partial charge in [0.2, 0.25) is 0 Å². The quantitative estimate of drug-likeness (QED) is 0.782. The average Bonchev–Trinajstić information content (AvgIpc) is 2.60. The van der Waals surface area contributed by atoms with Gasteiger partial charge in [0.15, 0.2) is 6.61 Å². The maximum absolute atomic E-state index is 12.9. The molecule has 1 amide bonds. The van der Waals surface area contributed by atoms with E-state index in [9.17, 15) is 18.0 Å². The summed E-state index contributed by atoms with van der Waals surface area (Å²) in [6.45, 7) is -0.277.